The normalized spacial score (nSPS) is 14.6. The van der Waals surface area contributed by atoms with Crippen LogP contribution in [-0.2, 0) is 12.8 Å². The molecular weight excluding hydrogens is 266 g/mol. The lowest BCUT2D eigenvalue weighted by atomic mass is 10.0. The van der Waals surface area contributed by atoms with Crippen LogP contribution in [0.4, 0.5) is 0 Å². The Morgan fingerprint density at radius 2 is 2.00 bits per heavy atom. The summed E-state index contributed by atoms with van der Waals surface area (Å²) in [6.45, 7) is 0. The lowest BCUT2D eigenvalue weighted by molar-refractivity contribution is 0.0976. The quantitative estimate of drug-likeness (QED) is 0.833. The second-order valence-corrected chi connectivity index (χ2v) is 5.98. The average Bonchev–Trinajstić information content (AvgIpc) is 2.76. The van der Waals surface area contributed by atoms with Gasteiger partial charge in [0.25, 0.3) is 0 Å². The summed E-state index contributed by atoms with van der Waals surface area (Å²) in [4.78, 5) is 17.2. The van der Waals surface area contributed by atoms with Crippen molar-refractivity contribution in [3.8, 4) is 0 Å². The molecular formula is C14H12ClNOS. The van der Waals surface area contributed by atoms with Crippen LogP contribution in [0.1, 0.15) is 38.8 Å². The van der Waals surface area contributed by atoms with Crippen LogP contribution in [-0.4, -0.2) is 10.8 Å². The maximum absolute atomic E-state index is 11.7. The average molecular weight is 278 g/mol. The van der Waals surface area contributed by atoms with Gasteiger partial charge < -0.3 is 0 Å². The fourth-order valence-corrected chi connectivity index (χ4v) is 3.41. The minimum atomic E-state index is 0.260. The van der Waals surface area contributed by atoms with Crippen molar-refractivity contribution in [3.63, 3.8) is 0 Å². The molecule has 0 radical (unpaired) electrons. The van der Waals surface area contributed by atoms with Gasteiger partial charge in [-0.15, -0.1) is 11.3 Å². The standard InChI is InChI=1S/C14H12ClNOS/c15-10-6-4-9(5-7-10)8-13-16-11-2-1-3-12(17)14(11)18-13/h4-7H,1-3,8H2. The van der Waals surface area contributed by atoms with Crippen molar-refractivity contribution in [2.75, 3.05) is 0 Å². The smallest absolute Gasteiger partial charge is 0.174 e. The zero-order valence-electron chi connectivity index (χ0n) is 9.78. The van der Waals surface area contributed by atoms with Crippen molar-refractivity contribution >= 4 is 28.7 Å². The predicted molar refractivity (Wildman–Crippen MR) is 73.6 cm³/mol. The topological polar surface area (TPSA) is 30.0 Å². The number of Topliss-reactive ketones (excluding diaryl/α,β-unsaturated/α-hetero) is 1. The minimum absolute atomic E-state index is 0.260. The number of carbonyl (C=O) groups is 1. The number of halogens is 1. The molecule has 2 nitrogen and oxygen atoms in total. The third-order valence-electron chi connectivity index (χ3n) is 3.08. The van der Waals surface area contributed by atoms with Gasteiger partial charge in [-0.25, -0.2) is 4.98 Å². The van der Waals surface area contributed by atoms with Crippen LogP contribution in [0.5, 0.6) is 0 Å². The van der Waals surface area contributed by atoms with E-state index in [4.69, 9.17) is 11.6 Å². The van der Waals surface area contributed by atoms with Crippen molar-refractivity contribution in [2.24, 2.45) is 0 Å². The fraction of sp³-hybridized carbons (Fsp3) is 0.286. The molecule has 0 saturated carbocycles. The number of fused-ring (bicyclic) bond motifs is 1. The van der Waals surface area contributed by atoms with Gasteiger partial charge in [-0.1, -0.05) is 23.7 Å². The molecule has 0 saturated heterocycles. The number of hydrogen-bond donors (Lipinski definition) is 0. The van der Waals surface area contributed by atoms with E-state index >= 15 is 0 Å². The van der Waals surface area contributed by atoms with Crippen LogP contribution in [0.3, 0.4) is 0 Å². The summed E-state index contributed by atoms with van der Waals surface area (Å²) in [5.74, 6) is 0.260. The first-order valence-corrected chi connectivity index (χ1v) is 7.18. The van der Waals surface area contributed by atoms with Gasteiger partial charge in [-0.3, -0.25) is 4.79 Å². The highest BCUT2D eigenvalue weighted by Crippen LogP contribution is 2.28. The molecule has 1 aliphatic carbocycles. The first kappa shape index (κ1) is 11.9. The lowest BCUT2D eigenvalue weighted by Gasteiger charge is -2.06. The SMILES string of the molecule is O=C1CCCc2nc(Cc3ccc(Cl)cc3)sc21. The number of rotatable bonds is 2. The number of ketones is 1. The molecule has 0 N–H and O–H groups in total. The van der Waals surface area contributed by atoms with Crippen molar-refractivity contribution in [2.45, 2.75) is 25.7 Å². The van der Waals surface area contributed by atoms with Gasteiger partial charge in [0, 0.05) is 17.9 Å². The summed E-state index contributed by atoms with van der Waals surface area (Å²) in [7, 11) is 0. The number of nitrogens with zero attached hydrogens (tertiary/aromatic N) is 1. The Bertz CT molecular complexity index is 588. The lowest BCUT2D eigenvalue weighted by Crippen LogP contribution is -2.07. The molecule has 0 fully saturated rings. The Hall–Kier alpha value is -1.19. The fourth-order valence-electron chi connectivity index (χ4n) is 2.17. The largest absolute Gasteiger partial charge is 0.293 e. The Labute approximate surface area is 115 Å². The summed E-state index contributed by atoms with van der Waals surface area (Å²) < 4.78 is 0. The van der Waals surface area contributed by atoms with E-state index in [9.17, 15) is 4.79 Å². The minimum Gasteiger partial charge on any atom is -0.293 e. The highest BCUT2D eigenvalue weighted by atomic mass is 35.5. The third-order valence-corrected chi connectivity index (χ3v) is 4.47. The number of thiazole rings is 1. The predicted octanol–water partition coefficient (Wildman–Crippen LogP) is 3.91. The Kier molecular flexibility index (Phi) is 3.18. The summed E-state index contributed by atoms with van der Waals surface area (Å²) in [5, 5.41) is 1.77. The number of carbonyl (C=O) groups excluding carboxylic acids is 1. The molecule has 3 rings (SSSR count). The van der Waals surface area contributed by atoms with Gasteiger partial charge in [0.2, 0.25) is 0 Å². The molecule has 1 heterocycles. The molecule has 18 heavy (non-hydrogen) atoms. The van der Waals surface area contributed by atoms with E-state index in [2.05, 4.69) is 4.98 Å². The van der Waals surface area contributed by atoms with E-state index < -0.39 is 0 Å². The van der Waals surface area contributed by atoms with Gasteiger partial charge >= 0.3 is 0 Å². The first-order chi connectivity index (χ1) is 8.72. The second kappa shape index (κ2) is 4.82. The second-order valence-electron chi connectivity index (χ2n) is 4.46. The zero-order valence-corrected chi connectivity index (χ0v) is 11.4. The Morgan fingerprint density at radius 1 is 1.22 bits per heavy atom. The maximum atomic E-state index is 11.7. The van der Waals surface area contributed by atoms with Crippen LogP contribution in [0.2, 0.25) is 5.02 Å². The Balaban J connectivity index is 1.85. The molecule has 92 valence electrons. The summed E-state index contributed by atoms with van der Waals surface area (Å²) in [6, 6.07) is 7.78. The summed E-state index contributed by atoms with van der Waals surface area (Å²) in [5.41, 5.74) is 2.18. The maximum Gasteiger partial charge on any atom is 0.174 e. The van der Waals surface area contributed by atoms with Crippen LogP contribution < -0.4 is 0 Å². The molecule has 1 aliphatic rings. The molecule has 0 atom stereocenters. The van der Waals surface area contributed by atoms with E-state index in [0.717, 1.165) is 39.9 Å². The first-order valence-electron chi connectivity index (χ1n) is 5.98. The highest BCUT2D eigenvalue weighted by Gasteiger charge is 2.21. The van der Waals surface area contributed by atoms with Crippen molar-refractivity contribution < 1.29 is 4.79 Å². The third kappa shape index (κ3) is 2.33. The van der Waals surface area contributed by atoms with Crippen molar-refractivity contribution in [1.29, 1.82) is 0 Å². The Morgan fingerprint density at radius 3 is 2.72 bits per heavy atom. The van der Waals surface area contributed by atoms with Crippen LogP contribution in [0, 0.1) is 0 Å². The van der Waals surface area contributed by atoms with E-state index in [0.29, 0.717) is 6.42 Å². The van der Waals surface area contributed by atoms with E-state index in [1.54, 1.807) is 11.3 Å². The molecule has 1 aromatic carbocycles. The molecule has 4 heteroatoms. The van der Waals surface area contributed by atoms with E-state index in [1.807, 2.05) is 24.3 Å². The molecule has 0 aliphatic heterocycles. The number of aromatic nitrogens is 1. The van der Waals surface area contributed by atoms with Gasteiger partial charge in [-0.05, 0) is 30.5 Å². The summed E-state index contributed by atoms with van der Waals surface area (Å²) in [6.07, 6.45) is 3.34. The molecule has 0 bridgehead atoms. The van der Waals surface area contributed by atoms with E-state index in [1.165, 1.54) is 5.56 Å². The molecule has 2 aromatic rings. The van der Waals surface area contributed by atoms with Crippen LogP contribution in [0.25, 0.3) is 0 Å². The van der Waals surface area contributed by atoms with Gasteiger partial charge in [0.05, 0.1) is 15.6 Å². The van der Waals surface area contributed by atoms with Gasteiger partial charge in [-0.2, -0.15) is 0 Å². The van der Waals surface area contributed by atoms with Crippen molar-refractivity contribution in [1.82, 2.24) is 4.98 Å². The van der Waals surface area contributed by atoms with E-state index in [-0.39, 0.29) is 5.78 Å². The molecule has 1 aromatic heterocycles. The molecule has 0 spiro atoms. The number of hydrogen-bond acceptors (Lipinski definition) is 3. The summed E-state index contributed by atoms with van der Waals surface area (Å²) >= 11 is 7.41. The monoisotopic (exact) mass is 277 g/mol. The molecule has 0 unspecified atom stereocenters. The van der Waals surface area contributed by atoms with Crippen LogP contribution >= 0.6 is 22.9 Å². The number of aryl methyl sites for hydroxylation is 1. The van der Waals surface area contributed by atoms with Gasteiger partial charge in [0.15, 0.2) is 5.78 Å². The molecule has 0 amide bonds. The number of benzene rings is 1. The van der Waals surface area contributed by atoms with Gasteiger partial charge in [0.1, 0.15) is 0 Å². The van der Waals surface area contributed by atoms with Crippen LogP contribution in [0.15, 0.2) is 24.3 Å². The highest BCUT2D eigenvalue weighted by molar-refractivity contribution is 7.13. The zero-order chi connectivity index (χ0) is 12.5. The van der Waals surface area contributed by atoms with Crippen molar-refractivity contribution in [3.05, 3.63) is 50.4 Å².